The van der Waals surface area contributed by atoms with Crippen LogP contribution in [-0.4, -0.2) is 63.2 Å². The van der Waals surface area contributed by atoms with Crippen LogP contribution in [0.4, 0.5) is 0 Å². The molecule has 0 spiro atoms. The van der Waals surface area contributed by atoms with E-state index in [9.17, 15) is 10.2 Å². The van der Waals surface area contributed by atoms with Gasteiger partial charge in [0.25, 0.3) is 0 Å². The van der Waals surface area contributed by atoms with E-state index in [1.165, 1.54) is 0 Å². The van der Waals surface area contributed by atoms with Crippen molar-refractivity contribution in [1.29, 1.82) is 0 Å². The van der Waals surface area contributed by atoms with Gasteiger partial charge in [0.05, 0.1) is 18.3 Å². The van der Waals surface area contributed by atoms with Crippen molar-refractivity contribution in [3.05, 3.63) is 18.0 Å². The maximum Gasteiger partial charge on any atom is 0.191 e. The van der Waals surface area contributed by atoms with E-state index in [0.29, 0.717) is 19.0 Å². The van der Waals surface area contributed by atoms with Crippen LogP contribution in [0.5, 0.6) is 0 Å². The summed E-state index contributed by atoms with van der Waals surface area (Å²) in [5.41, 5.74) is -0.982. The van der Waals surface area contributed by atoms with Crippen LogP contribution in [0.15, 0.2) is 17.4 Å². The molecule has 0 saturated carbocycles. The number of aromatic nitrogens is 2. The Balaban J connectivity index is 1.85. The molecule has 1 saturated heterocycles. The fraction of sp³-hybridized carbons (Fsp3) is 0.714. The van der Waals surface area contributed by atoms with Crippen molar-refractivity contribution >= 4 is 17.7 Å². The molecule has 4 N–H and O–H groups in total. The van der Waals surface area contributed by atoms with Crippen LogP contribution in [0.1, 0.15) is 18.9 Å². The number of nitrogens with one attached hydrogen (secondary N) is 2. The first kappa shape index (κ1) is 17.1. The second-order valence-corrected chi connectivity index (χ2v) is 7.09. The number of guanidine groups is 1. The van der Waals surface area contributed by atoms with Gasteiger partial charge in [-0.15, -0.1) is 0 Å². The summed E-state index contributed by atoms with van der Waals surface area (Å²) in [7, 11) is 3.48. The first-order chi connectivity index (χ1) is 10.3. The number of aryl methyl sites for hydroxylation is 1. The summed E-state index contributed by atoms with van der Waals surface area (Å²) in [4.78, 5) is 4.13. The third kappa shape index (κ3) is 4.37. The molecule has 22 heavy (non-hydrogen) atoms. The molecule has 0 bridgehead atoms. The highest BCUT2D eigenvalue weighted by Gasteiger charge is 2.32. The molecule has 0 radical (unpaired) electrons. The molecule has 8 heteroatoms. The summed E-state index contributed by atoms with van der Waals surface area (Å²) in [6, 6.07) is 0. The normalized spacial score (nSPS) is 25.0. The van der Waals surface area contributed by atoms with Crippen molar-refractivity contribution in [1.82, 2.24) is 20.4 Å². The highest BCUT2D eigenvalue weighted by Crippen LogP contribution is 2.26. The Kier molecular flexibility index (Phi) is 5.36. The predicted octanol–water partition coefficient (Wildman–Crippen LogP) is -0.339. The lowest BCUT2D eigenvalue weighted by Gasteiger charge is -2.26. The van der Waals surface area contributed by atoms with Crippen LogP contribution in [0.25, 0.3) is 0 Å². The zero-order valence-corrected chi connectivity index (χ0v) is 14.2. The van der Waals surface area contributed by atoms with Crippen LogP contribution in [-0.2, 0) is 12.6 Å². The van der Waals surface area contributed by atoms with E-state index in [0.717, 1.165) is 23.5 Å². The third-order valence-electron chi connectivity index (χ3n) is 3.82. The third-order valence-corrected chi connectivity index (χ3v) is 5.05. The smallest absolute Gasteiger partial charge is 0.191 e. The van der Waals surface area contributed by atoms with Crippen molar-refractivity contribution < 1.29 is 10.2 Å². The van der Waals surface area contributed by atoms with Crippen LogP contribution in [0.3, 0.4) is 0 Å². The second-order valence-electron chi connectivity index (χ2n) is 5.98. The van der Waals surface area contributed by atoms with Gasteiger partial charge in [0.2, 0.25) is 0 Å². The fourth-order valence-electron chi connectivity index (χ4n) is 2.26. The van der Waals surface area contributed by atoms with E-state index in [-0.39, 0.29) is 0 Å². The van der Waals surface area contributed by atoms with Gasteiger partial charge in [-0.25, -0.2) is 0 Å². The molecule has 2 rings (SSSR count). The average molecular weight is 327 g/mol. The zero-order valence-electron chi connectivity index (χ0n) is 13.3. The molecule has 124 valence electrons. The van der Waals surface area contributed by atoms with Gasteiger partial charge in [-0.2, -0.15) is 16.9 Å². The predicted molar refractivity (Wildman–Crippen MR) is 89.0 cm³/mol. The SMILES string of the molecule is CN=C(NCC1(O)CCSC1)NCC(C)(O)c1cnn(C)c1. The van der Waals surface area contributed by atoms with Crippen LogP contribution in [0.2, 0.25) is 0 Å². The van der Waals surface area contributed by atoms with E-state index in [1.54, 1.807) is 42.8 Å². The largest absolute Gasteiger partial charge is 0.387 e. The van der Waals surface area contributed by atoms with Gasteiger partial charge in [-0.3, -0.25) is 9.67 Å². The number of rotatable bonds is 5. The highest BCUT2D eigenvalue weighted by atomic mass is 32.2. The minimum absolute atomic E-state index is 0.297. The lowest BCUT2D eigenvalue weighted by Crippen LogP contribution is -2.49. The second kappa shape index (κ2) is 6.89. The number of nitrogens with zero attached hydrogens (tertiary/aromatic N) is 3. The lowest BCUT2D eigenvalue weighted by atomic mass is 10.00. The van der Waals surface area contributed by atoms with E-state index in [4.69, 9.17) is 0 Å². The van der Waals surface area contributed by atoms with Crippen LogP contribution in [0, 0.1) is 0 Å². The molecule has 2 unspecified atom stereocenters. The minimum atomic E-state index is -1.05. The lowest BCUT2D eigenvalue weighted by molar-refractivity contribution is 0.0607. The number of hydrogen-bond acceptors (Lipinski definition) is 5. The highest BCUT2D eigenvalue weighted by molar-refractivity contribution is 7.99. The monoisotopic (exact) mass is 327 g/mol. The van der Waals surface area contributed by atoms with E-state index >= 15 is 0 Å². The van der Waals surface area contributed by atoms with Crippen LogP contribution < -0.4 is 10.6 Å². The Bertz CT molecular complexity index is 523. The number of hydrogen-bond donors (Lipinski definition) is 4. The Morgan fingerprint density at radius 3 is 2.91 bits per heavy atom. The first-order valence-electron chi connectivity index (χ1n) is 7.31. The molecule has 1 aliphatic heterocycles. The Hall–Kier alpha value is -1.25. The van der Waals surface area contributed by atoms with Crippen molar-refractivity contribution in [2.24, 2.45) is 12.0 Å². The fourth-order valence-corrected chi connectivity index (χ4v) is 3.56. The molecule has 0 aromatic carbocycles. The van der Waals surface area contributed by atoms with Gasteiger partial charge >= 0.3 is 0 Å². The Morgan fingerprint density at radius 1 is 1.59 bits per heavy atom. The molecular weight excluding hydrogens is 302 g/mol. The van der Waals surface area contributed by atoms with Gasteiger partial charge in [0.1, 0.15) is 5.60 Å². The topological polar surface area (TPSA) is 94.7 Å². The standard InChI is InChI=1S/C14H25N5O2S/c1-13(20,11-6-18-19(3)7-11)8-16-12(15-2)17-9-14(21)4-5-22-10-14/h6-7,20-21H,4-5,8-10H2,1-3H3,(H2,15,16,17). The maximum atomic E-state index is 10.5. The van der Waals surface area contributed by atoms with E-state index < -0.39 is 11.2 Å². The van der Waals surface area contributed by atoms with Gasteiger partial charge in [0, 0.05) is 38.2 Å². The molecule has 1 aliphatic rings. The molecule has 1 aromatic rings. The van der Waals surface area contributed by atoms with Crippen molar-refractivity contribution in [3.8, 4) is 0 Å². The van der Waals surface area contributed by atoms with Gasteiger partial charge in [-0.05, 0) is 19.1 Å². The summed E-state index contributed by atoms with van der Waals surface area (Å²) in [6.45, 7) is 2.48. The molecular formula is C14H25N5O2S. The van der Waals surface area contributed by atoms with Crippen LogP contribution >= 0.6 is 11.8 Å². The van der Waals surface area contributed by atoms with Gasteiger partial charge in [0.15, 0.2) is 5.96 Å². The van der Waals surface area contributed by atoms with Gasteiger partial charge in [-0.1, -0.05) is 0 Å². The van der Waals surface area contributed by atoms with Crippen molar-refractivity contribution in [2.75, 3.05) is 31.6 Å². The Morgan fingerprint density at radius 2 is 2.36 bits per heavy atom. The minimum Gasteiger partial charge on any atom is -0.387 e. The molecule has 0 aliphatic carbocycles. The summed E-state index contributed by atoms with van der Waals surface area (Å²) < 4.78 is 1.66. The summed E-state index contributed by atoms with van der Waals surface area (Å²) >= 11 is 1.76. The number of aliphatic imine (C=N–C) groups is 1. The molecule has 0 amide bonds. The maximum absolute atomic E-state index is 10.5. The summed E-state index contributed by atoms with van der Waals surface area (Å²) in [5.74, 6) is 2.29. The summed E-state index contributed by atoms with van der Waals surface area (Å²) in [5, 5.41) is 31.1. The van der Waals surface area contributed by atoms with Crippen molar-refractivity contribution in [2.45, 2.75) is 24.5 Å². The van der Waals surface area contributed by atoms with Crippen molar-refractivity contribution in [3.63, 3.8) is 0 Å². The van der Waals surface area contributed by atoms with E-state index in [1.807, 2.05) is 7.05 Å². The number of aliphatic hydroxyl groups is 2. The molecule has 2 atom stereocenters. The average Bonchev–Trinajstić information content (AvgIpc) is 3.09. The molecule has 2 heterocycles. The molecule has 1 fully saturated rings. The zero-order chi connectivity index (χ0) is 16.2. The number of thioether (sulfide) groups is 1. The first-order valence-corrected chi connectivity index (χ1v) is 8.46. The quantitative estimate of drug-likeness (QED) is 0.437. The van der Waals surface area contributed by atoms with Gasteiger partial charge < -0.3 is 20.8 Å². The summed E-state index contributed by atoms with van der Waals surface area (Å²) in [6.07, 6.45) is 4.22. The van der Waals surface area contributed by atoms with E-state index in [2.05, 4.69) is 20.7 Å². The molecule has 7 nitrogen and oxygen atoms in total. The Labute approximate surface area is 135 Å². The molecule has 1 aromatic heterocycles.